The van der Waals surface area contributed by atoms with Crippen molar-refractivity contribution < 1.29 is 28.7 Å². The van der Waals surface area contributed by atoms with Gasteiger partial charge in [0.15, 0.2) is 0 Å². The molecule has 6 atom stereocenters. The molecule has 2 aliphatic carbocycles. The minimum absolute atomic E-state index is 0.0197. The number of hydrogen-bond acceptors (Lipinski definition) is 5. The van der Waals surface area contributed by atoms with Gasteiger partial charge in [-0.15, -0.1) is 0 Å². The number of hydrogen-bond donors (Lipinski definition) is 1. The number of likely N-dealkylation sites (tertiary alicyclic amines) is 1. The van der Waals surface area contributed by atoms with Crippen molar-refractivity contribution >= 4 is 40.9 Å². The number of aromatic hydroxyl groups is 1. The molecule has 6 rings (SSSR count). The smallest absolute Gasteiger partial charge is 0.241 e. The lowest BCUT2D eigenvalue weighted by Crippen LogP contribution is -2.48. The molecule has 1 N–H and O–H groups in total. The van der Waals surface area contributed by atoms with E-state index in [1.54, 1.807) is 32.0 Å². The average Bonchev–Trinajstić information content (AvgIpc) is 3.25. The second-order valence-corrected chi connectivity index (χ2v) is 11.1. The normalized spacial score (nSPS) is 32.3. The number of phenols is 1. The van der Waals surface area contributed by atoms with Gasteiger partial charge in [-0.3, -0.25) is 24.1 Å². The molecule has 1 saturated carbocycles. The van der Waals surface area contributed by atoms with Gasteiger partial charge in [0.1, 0.15) is 11.6 Å². The highest BCUT2D eigenvalue weighted by atomic mass is 35.5. The average molecular weight is 537 g/mol. The maximum atomic E-state index is 14.2. The molecule has 0 spiro atoms. The molecule has 196 valence electrons. The Labute approximate surface area is 223 Å². The molecule has 2 aromatic carbocycles. The number of para-hydroxylation sites is 1. The van der Waals surface area contributed by atoms with Gasteiger partial charge in [-0.1, -0.05) is 41.4 Å². The fourth-order valence-electron chi connectivity index (χ4n) is 7.34. The molecule has 7 nitrogen and oxygen atoms in total. The van der Waals surface area contributed by atoms with Crippen LogP contribution >= 0.6 is 11.6 Å². The maximum absolute atomic E-state index is 14.2. The van der Waals surface area contributed by atoms with Crippen LogP contribution in [0.3, 0.4) is 0 Å². The maximum Gasteiger partial charge on any atom is 0.241 e. The number of halogens is 2. The van der Waals surface area contributed by atoms with Crippen molar-refractivity contribution in [3.63, 3.8) is 0 Å². The number of rotatable bonds is 3. The van der Waals surface area contributed by atoms with Gasteiger partial charge in [0.2, 0.25) is 23.6 Å². The van der Waals surface area contributed by atoms with E-state index in [1.165, 1.54) is 23.1 Å². The molecule has 38 heavy (non-hydrogen) atoms. The van der Waals surface area contributed by atoms with E-state index in [1.807, 2.05) is 6.08 Å². The van der Waals surface area contributed by atoms with E-state index < -0.39 is 52.6 Å². The van der Waals surface area contributed by atoms with E-state index in [-0.39, 0.29) is 41.2 Å². The molecule has 0 aromatic heterocycles. The number of carbonyl (C=O) groups is 4. The number of phenolic OH excluding ortho intramolecular Hbond substituents is 1. The zero-order valence-electron chi connectivity index (χ0n) is 20.9. The quantitative estimate of drug-likeness (QED) is 0.462. The van der Waals surface area contributed by atoms with E-state index in [9.17, 15) is 28.7 Å². The van der Waals surface area contributed by atoms with Crippen LogP contribution < -0.4 is 4.90 Å². The van der Waals surface area contributed by atoms with E-state index in [4.69, 9.17) is 11.6 Å². The van der Waals surface area contributed by atoms with Gasteiger partial charge in [0.05, 0.1) is 33.9 Å². The Balaban J connectivity index is 1.53. The third-order valence-electron chi connectivity index (χ3n) is 9.09. The fraction of sp³-hybridized carbons (Fsp3) is 0.379. The Kier molecular flexibility index (Phi) is 5.54. The number of imide groups is 2. The summed E-state index contributed by atoms with van der Waals surface area (Å²) in [6.45, 7) is 3.76. The lowest BCUT2D eigenvalue weighted by molar-refractivity contribution is -0.140. The summed E-state index contributed by atoms with van der Waals surface area (Å²) in [6.07, 6.45) is 2.49. The van der Waals surface area contributed by atoms with Crippen LogP contribution in [0.1, 0.15) is 38.2 Å². The first-order chi connectivity index (χ1) is 18.1. The molecular formula is C29H26ClFN2O5. The molecule has 9 heteroatoms. The van der Waals surface area contributed by atoms with E-state index >= 15 is 0 Å². The summed E-state index contributed by atoms with van der Waals surface area (Å²) in [7, 11) is 0. The molecule has 3 fully saturated rings. The third kappa shape index (κ3) is 3.13. The topological polar surface area (TPSA) is 95.0 Å². The molecule has 4 amide bonds. The SMILES string of the molecule is CCN1C(=O)[C@H]2[C@H](CC=C3[C@H]2C[C@H]2C(=O)N(c4ccc(F)c(Cl)c4)C(=O)[C@@]2(C)[C@H]3c2ccccc2O)C1=O. The van der Waals surface area contributed by atoms with Gasteiger partial charge in [-0.2, -0.15) is 0 Å². The largest absolute Gasteiger partial charge is 0.508 e. The van der Waals surface area contributed by atoms with Crippen molar-refractivity contribution in [3.8, 4) is 5.75 Å². The number of amides is 4. The molecule has 0 unspecified atom stereocenters. The first-order valence-electron chi connectivity index (χ1n) is 12.8. The molecule has 2 saturated heterocycles. The Morgan fingerprint density at radius 2 is 1.79 bits per heavy atom. The number of anilines is 1. The van der Waals surface area contributed by atoms with Crippen LogP contribution in [0, 0.1) is 34.9 Å². The molecule has 4 aliphatic rings. The van der Waals surface area contributed by atoms with Crippen molar-refractivity contribution in [1.82, 2.24) is 4.90 Å². The third-order valence-corrected chi connectivity index (χ3v) is 9.38. The summed E-state index contributed by atoms with van der Waals surface area (Å²) in [4.78, 5) is 57.0. The van der Waals surface area contributed by atoms with Crippen LogP contribution in [-0.4, -0.2) is 40.2 Å². The number of benzene rings is 2. The second kappa shape index (κ2) is 8.50. The van der Waals surface area contributed by atoms with Crippen molar-refractivity contribution in [2.45, 2.75) is 32.6 Å². The van der Waals surface area contributed by atoms with Gasteiger partial charge < -0.3 is 5.11 Å². The molecule has 2 heterocycles. The van der Waals surface area contributed by atoms with E-state index in [0.717, 1.165) is 16.5 Å². The van der Waals surface area contributed by atoms with Crippen LogP contribution in [0.5, 0.6) is 5.75 Å². The second-order valence-electron chi connectivity index (χ2n) is 10.7. The predicted molar refractivity (Wildman–Crippen MR) is 137 cm³/mol. The highest BCUT2D eigenvalue weighted by molar-refractivity contribution is 6.31. The van der Waals surface area contributed by atoms with Crippen LogP contribution in [0.15, 0.2) is 54.1 Å². The van der Waals surface area contributed by atoms with E-state index in [2.05, 4.69) is 0 Å². The minimum atomic E-state index is -1.29. The van der Waals surface area contributed by atoms with Crippen molar-refractivity contribution in [3.05, 3.63) is 70.5 Å². The fourth-order valence-corrected chi connectivity index (χ4v) is 7.51. The van der Waals surface area contributed by atoms with Crippen molar-refractivity contribution in [1.29, 1.82) is 0 Å². The van der Waals surface area contributed by atoms with Gasteiger partial charge in [0.25, 0.3) is 0 Å². The summed E-state index contributed by atoms with van der Waals surface area (Å²) < 4.78 is 13.9. The molecule has 0 bridgehead atoms. The van der Waals surface area contributed by atoms with E-state index in [0.29, 0.717) is 12.0 Å². The summed E-state index contributed by atoms with van der Waals surface area (Å²) >= 11 is 6.00. The van der Waals surface area contributed by atoms with Gasteiger partial charge in [-0.05, 0) is 56.9 Å². The lowest BCUT2D eigenvalue weighted by Gasteiger charge is -2.49. The number of carbonyl (C=O) groups excluding carboxylic acids is 4. The monoisotopic (exact) mass is 536 g/mol. The van der Waals surface area contributed by atoms with Crippen LogP contribution in [0.2, 0.25) is 5.02 Å². The lowest BCUT2D eigenvalue weighted by atomic mass is 9.51. The standard InChI is InChI=1S/C29H26ClFN2O5/c1-3-32-25(35)17-10-9-15-18(23(17)27(32)37)13-19-26(36)33(14-8-11-21(31)20(30)12-14)28(38)29(19,2)24(15)16-6-4-5-7-22(16)34/h4-9,11-12,17-19,23-24,34H,3,10,13H2,1-2H3/t17-,18+,19-,23-,24+,29+/m0/s1. The Hall–Kier alpha value is -3.52. The van der Waals surface area contributed by atoms with Gasteiger partial charge >= 0.3 is 0 Å². The highest BCUT2D eigenvalue weighted by Crippen LogP contribution is 2.64. The van der Waals surface area contributed by atoms with Crippen LogP contribution in [-0.2, 0) is 19.2 Å². The van der Waals surface area contributed by atoms with Crippen LogP contribution in [0.4, 0.5) is 10.1 Å². The summed E-state index contributed by atoms with van der Waals surface area (Å²) in [5.41, 5.74) is 0.156. The Morgan fingerprint density at radius 1 is 1.05 bits per heavy atom. The number of allylic oxidation sites excluding steroid dienone is 2. The Bertz CT molecular complexity index is 1460. The summed E-state index contributed by atoms with van der Waals surface area (Å²) in [6, 6.07) is 10.4. The molecular weight excluding hydrogens is 511 g/mol. The first kappa shape index (κ1) is 24.8. The molecule has 0 radical (unpaired) electrons. The first-order valence-corrected chi connectivity index (χ1v) is 13.2. The number of fused-ring (bicyclic) bond motifs is 4. The van der Waals surface area contributed by atoms with Gasteiger partial charge in [-0.25, -0.2) is 9.29 Å². The summed E-state index contributed by atoms with van der Waals surface area (Å²) in [5, 5.41) is 10.7. The zero-order chi connectivity index (χ0) is 27.1. The van der Waals surface area contributed by atoms with Crippen molar-refractivity contribution in [2.24, 2.45) is 29.1 Å². The zero-order valence-corrected chi connectivity index (χ0v) is 21.6. The minimum Gasteiger partial charge on any atom is -0.508 e. The molecule has 2 aliphatic heterocycles. The predicted octanol–water partition coefficient (Wildman–Crippen LogP) is 4.44. The van der Waals surface area contributed by atoms with Gasteiger partial charge in [0, 0.05) is 18.0 Å². The number of nitrogens with zero attached hydrogens (tertiary/aromatic N) is 2. The van der Waals surface area contributed by atoms with Crippen molar-refractivity contribution in [2.75, 3.05) is 11.4 Å². The molecule has 2 aromatic rings. The Morgan fingerprint density at radius 3 is 2.47 bits per heavy atom. The summed E-state index contributed by atoms with van der Waals surface area (Å²) in [5.74, 6) is -5.21. The van der Waals surface area contributed by atoms with Crippen LogP contribution in [0.25, 0.3) is 0 Å². The highest BCUT2D eigenvalue weighted by Gasteiger charge is 2.67.